The monoisotopic (exact) mass is 342 g/mol. The average molecular weight is 342 g/mol. The van der Waals surface area contributed by atoms with E-state index in [1.165, 1.54) is 6.26 Å². The minimum Gasteiger partial charge on any atom is -0.459 e. The van der Waals surface area contributed by atoms with Gasteiger partial charge in [-0.25, -0.2) is 9.67 Å². The third-order valence-electron chi connectivity index (χ3n) is 4.46. The Kier molecular flexibility index (Phi) is 3.83. The van der Waals surface area contributed by atoms with Gasteiger partial charge in [0, 0.05) is 19.6 Å². The standard InChI is InChI=1S/C16H18N6O3/c1-10-17-14-13(15(23)18-10)19-20-22(14)9-11-4-2-6-21(8-11)16(24)12-5-3-7-25-12/h3,5,7,11H,2,4,6,8-9H2,1H3,(H,17,18,23)/t11-/m0/s1. The van der Waals surface area contributed by atoms with Gasteiger partial charge in [-0.1, -0.05) is 5.21 Å². The Morgan fingerprint density at radius 3 is 3.16 bits per heavy atom. The van der Waals surface area contributed by atoms with Crippen molar-refractivity contribution in [3.8, 4) is 0 Å². The summed E-state index contributed by atoms with van der Waals surface area (Å²) in [5, 5.41) is 8.00. The first kappa shape index (κ1) is 15.6. The van der Waals surface area contributed by atoms with Gasteiger partial charge in [0.2, 0.25) is 0 Å². The maximum atomic E-state index is 12.5. The highest BCUT2D eigenvalue weighted by atomic mass is 16.3. The van der Waals surface area contributed by atoms with Crippen molar-refractivity contribution in [2.24, 2.45) is 5.92 Å². The predicted octanol–water partition coefficient (Wildman–Crippen LogP) is 0.968. The van der Waals surface area contributed by atoms with Crippen LogP contribution in [0, 0.1) is 12.8 Å². The van der Waals surface area contributed by atoms with Crippen molar-refractivity contribution in [3.05, 3.63) is 40.3 Å². The van der Waals surface area contributed by atoms with Crippen LogP contribution in [0.5, 0.6) is 0 Å². The van der Waals surface area contributed by atoms with Crippen molar-refractivity contribution in [2.75, 3.05) is 13.1 Å². The summed E-state index contributed by atoms with van der Waals surface area (Å²) in [5.74, 6) is 1.01. The predicted molar refractivity (Wildman–Crippen MR) is 88.0 cm³/mol. The van der Waals surface area contributed by atoms with Gasteiger partial charge in [0.25, 0.3) is 11.5 Å². The van der Waals surface area contributed by atoms with Gasteiger partial charge in [0.1, 0.15) is 5.82 Å². The SMILES string of the molecule is Cc1nc2c(nnn2C[C@H]2CCCN(C(=O)c3ccco3)C2)c(=O)[nH]1. The second-order valence-corrected chi connectivity index (χ2v) is 6.33. The number of aryl methyl sites for hydroxylation is 1. The molecule has 25 heavy (non-hydrogen) atoms. The summed E-state index contributed by atoms with van der Waals surface area (Å²) in [6, 6.07) is 3.39. The molecule has 0 unspecified atom stereocenters. The molecule has 4 rings (SSSR count). The van der Waals surface area contributed by atoms with Crippen LogP contribution in [0.1, 0.15) is 29.2 Å². The quantitative estimate of drug-likeness (QED) is 0.759. The average Bonchev–Trinajstić information content (AvgIpc) is 3.25. The molecule has 1 saturated heterocycles. The van der Waals surface area contributed by atoms with E-state index in [1.54, 1.807) is 28.6 Å². The number of aromatic amines is 1. The number of furan rings is 1. The van der Waals surface area contributed by atoms with Crippen molar-refractivity contribution in [1.29, 1.82) is 0 Å². The Morgan fingerprint density at radius 2 is 2.36 bits per heavy atom. The van der Waals surface area contributed by atoms with E-state index < -0.39 is 0 Å². The molecule has 4 heterocycles. The van der Waals surface area contributed by atoms with E-state index in [-0.39, 0.29) is 22.9 Å². The van der Waals surface area contributed by atoms with Crippen LogP contribution in [0.3, 0.4) is 0 Å². The Morgan fingerprint density at radius 1 is 1.48 bits per heavy atom. The molecule has 1 N–H and O–H groups in total. The van der Waals surface area contributed by atoms with Gasteiger partial charge in [-0.15, -0.1) is 5.10 Å². The minimum absolute atomic E-state index is 0.0939. The van der Waals surface area contributed by atoms with Crippen molar-refractivity contribution >= 4 is 17.1 Å². The maximum absolute atomic E-state index is 12.5. The number of piperidine rings is 1. The first-order valence-electron chi connectivity index (χ1n) is 8.24. The lowest BCUT2D eigenvalue weighted by Crippen LogP contribution is -2.41. The van der Waals surface area contributed by atoms with Gasteiger partial charge in [-0.05, 0) is 37.8 Å². The Labute approximate surface area is 142 Å². The molecule has 0 spiro atoms. The lowest BCUT2D eigenvalue weighted by atomic mass is 9.98. The minimum atomic E-state index is -0.285. The first-order valence-corrected chi connectivity index (χ1v) is 8.24. The topological polar surface area (TPSA) is 110 Å². The van der Waals surface area contributed by atoms with Crippen LogP contribution in [0.2, 0.25) is 0 Å². The van der Waals surface area contributed by atoms with Gasteiger partial charge in [-0.3, -0.25) is 9.59 Å². The summed E-state index contributed by atoms with van der Waals surface area (Å²) in [7, 11) is 0. The lowest BCUT2D eigenvalue weighted by molar-refractivity contribution is 0.0628. The molecule has 1 aliphatic rings. The van der Waals surface area contributed by atoms with E-state index >= 15 is 0 Å². The van der Waals surface area contributed by atoms with Crippen LogP contribution >= 0.6 is 0 Å². The summed E-state index contributed by atoms with van der Waals surface area (Å²) in [6.45, 7) is 3.62. The molecule has 0 aromatic carbocycles. The normalized spacial score (nSPS) is 18.0. The maximum Gasteiger partial charge on any atom is 0.289 e. The smallest absolute Gasteiger partial charge is 0.289 e. The van der Waals surface area contributed by atoms with Gasteiger partial charge < -0.3 is 14.3 Å². The fourth-order valence-electron chi connectivity index (χ4n) is 3.30. The zero-order valence-electron chi connectivity index (χ0n) is 13.8. The van der Waals surface area contributed by atoms with Crippen LogP contribution < -0.4 is 5.56 Å². The Balaban J connectivity index is 1.53. The molecule has 3 aromatic heterocycles. The van der Waals surface area contributed by atoms with Gasteiger partial charge in [0.05, 0.1) is 6.26 Å². The number of nitrogens with one attached hydrogen (secondary N) is 1. The molecule has 130 valence electrons. The molecule has 1 fully saturated rings. The molecule has 1 aliphatic heterocycles. The molecular formula is C16H18N6O3. The summed E-state index contributed by atoms with van der Waals surface area (Å²) in [4.78, 5) is 33.1. The molecule has 0 bridgehead atoms. The lowest BCUT2D eigenvalue weighted by Gasteiger charge is -2.32. The van der Waals surface area contributed by atoms with Gasteiger partial charge >= 0.3 is 0 Å². The highest BCUT2D eigenvalue weighted by molar-refractivity contribution is 5.91. The molecular weight excluding hydrogens is 324 g/mol. The zero-order chi connectivity index (χ0) is 17.4. The number of fused-ring (bicyclic) bond motifs is 1. The fourth-order valence-corrected chi connectivity index (χ4v) is 3.30. The van der Waals surface area contributed by atoms with E-state index in [9.17, 15) is 9.59 Å². The Bertz CT molecular complexity index is 958. The summed E-state index contributed by atoms with van der Waals surface area (Å²) >= 11 is 0. The van der Waals surface area contributed by atoms with Crippen LogP contribution in [0.4, 0.5) is 0 Å². The number of amides is 1. The van der Waals surface area contributed by atoms with E-state index in [0.29, 0.717) is 36.9 Å². The van der Waals surface area contributed by atoms with Crippen molar-refractivity contribution in [1.82, 2.24) is 29.9 Å². The molecule has 3 aromatic rings. The van der Waals surface area contributed by atoms with Crippen molar-refractivity contribution in [3.63, 3.8) is 0 Å². The summed E-state index contributed by atoms with van der Waals surface area (Å²) in [6.07, 6.45) is 3.39. The molecule has 0 aliphatic carbocycles. The molecule has 1 atom stereocenters. The molecule has 0 saturated carbocycles. The summed E-state index contributed by atoms with van der Waals surface area (Å²) in [5.41, 5.74) is 0.438. The number of carbonyl (C=O) groups is 1. The number of rotatable bonds is 3. The first-order chi connectivity index (χ1) is 12.1. The van der Waals surface area contributed by atoms with Gasteiger partial charge in [-0.2, -0.15) is 0 Å². The number of nitrogens with zero attached hydrogens (tertiary/aromatic N) is 5. The molecule has 9 nitrogen and oxygen atoms in total. The van der Waals surface area contributed by atoms with Gasteiger partial charge in [0.15, 0.2) is 16.9 Å². The van der Waals surface area contributed by atoms with E-state index in [0.717, 1.165) is 12.8 Å². The number of H-pyrrole nitrogens is 1. The third kappa shape index (κ3) is 2.92. The highest BCUT2D eigenvalue weighted by Crippen LogP contribution is 2.21. The molecule has 1 amide bonds. The second kappa shape index (κ2) is 6.15. The number of carbonyl (C=O) groups excluding carboxylic acids is 1. The van der Waals surface area contributed by atoms with E-state index in [2.05, 4.69) is 20.3 Å². The fraction of sp³-hybridized carbons (Fsp3) is 0.438. The van der Waals surface area contributed by atoms with Crippen LogP contribution in [0.15, 0.2) is 27.6 Å². The van der Waals surface area contributed by atoms with Crippen LogP contribution in [-0.2, 0) is 6.54 Å². The number of hydrogen-bond acceptors (Lipinski definition) is 6. The van der Waals surface area contributed by atoms with Crippen LogP contribution in [0.25, 0.3) is 11.2 Å². The van der Waals surface area contributed by atoms with Crippen molar-refractivity contribution in [2.45, 2.75) is 26.3 Å². The second-order valence-electron chi connectivity index (χ2n) is 6.33. The largest absolute Gasteiger partial charge is 0.459 e. The zero-order valence-corrected chi connectivity index (χ0v) is 13.8. The third-order valence-corrected chi connectivity index (χ3v) is 4.46. The molecule has 0 radical (unpaired) electrons. The Hall–Kier alpha value is -2.97. The number of likely N-dealkylation sites (tertiary alicyclic amines) is 1. The molecule has 9 heteroatoms. The van der Waals surface area contributed by atoms with Crippen molar-refractivity contribution < 1.29 is 9.21 Å². The van der Waals surface area contributed by atoms with E-state index in [1.807, 2.05) is 0 Å². The number of aromatic nitrogens is 5. The van der Waals surface area contributed by atoms with E-state index in [4.69, 9.17) is 4.42 Å². The highest BCUT2D eigenvalue weighted by Gasteiger charge is 2.27. The van der Waals surface area contributed by atoms with Crippen LogP contribution in [-0.4, -0.2) is 48.9 Å². The number of hydrogen-bond donors (Lipinski definition) is 1. The summed E-state index contributed by atoms with van der Waals surface area (Å²) < 4.78 is 6.86.